The number of ether oxygens (including phenoxy) is 1. The van der Waals surface area contributed by atoms with Crippen molar-refractivity contribution in [1.29, 1.82) is 0 Å². The standard InChI is InChI=1S/C10H19N3OS/c1-2-3-9-8-11-10(15-9)12-13-4-6-14-7-5-13/h9H,2-8H2,1H3,(H,11,12). The molecule has 1 fully saturated rings. The second-order valence-corrected chi connectivity index (χ2v) is 5.17. The van der Waals surface area contributed by atoms with Gasteiger partial charge in [-0.25, -0.2) is 5.01 Å². The maximum absolute atomic E-state index is 5.30. The highest BCUT2D eigenvalue weighted by molar-refractivity contribution is 8.14. The summed E-state index contributed by atoms with van der Waals surface area (Å²) in [5, 5.41) is 3.98. The van der Waals surface area contributed by atoms with Crippen molar-refractivity contribution in [2.45, 2.75) is 25.0 Å². The summed E-state index contributed by atoms with van der Waals surface area (Å²) in [7, 11) is 0. The number of thioether (sulfide) groups is 1. The molecule has 2 aliphatic heterocycles. The lowest BCUT2D eigenvalue weighted by Gasteiger charge is -2.27. The van der Waals surface area contributed by atoms with Gasteiger partial charge in [-0.15, -0.1) is 0 Å². The molecule has 2 rings (SSSR count). The molecular weight excluding hydrogens is 210 g/mol. The zero-order chi connectivity index (χ0) is 10.5. The molecule has 1 unspecified atom stereocenters. The Kier molecular flexibility index (Phi) is 4.29. The van der Waals surface area contributed by atoms with E-state index in [2.05, 4.69) is 22.4 Å². The number of nitrogens with zero attached hydrogens (tertiary/aromatic N) is 2. The summed E-state index contributed by atoms with van der Waals surface area (Å²) in [5.74, 6) is 0. The zero-order valence-electron chi connectivity index (χ0n) is 9.24. The van der Waals surface area contributed by atoms with Crippen LogP contribution in [0.15, 0.2) is 4.99 Å². The molecule has 0 aromatic heterocycles. The summed E-state index contributed by atoms with van der Waals surface area (Å²) in [6, 6.07) is 0. The van der Waals surface area contributed by atoms with E-state index in [0.29, 0.717) is 5.25 Å². The minimum absolute atomic E-state index is 0.693. The Morgan fingerprint density at radius 2 is 2.33 bits per heavy atom. The van der Waals surface area contributed by atoms with Crippen LogP contribution < -0.4 is 5.43 Å². The Labute approximate surface area is 95.4 Å². The first-order chi connectivity index (χ1) is 7.38. The van der Waals surface area contributed by atoms with Gasteiger partial charge < -0.3 is 4.74 Å². The fourth-order valence-corrected chi connectivity index (χ4v) is 2.91. The Morgan fingerprint density at radius 3 is 3.07 bits per heavy atom. The Morgan fingerprint density at radius 1 is 1.53 bits per heavy atom. The molecule has 0 aromatic carbocycles. The SMILES string of the molecule is CCCC1CN=C(NN2CCOCC2)S1. The first-order valence-electron chi connectivity index (χ1n) is 5.69. The number of nitrogens with one attached hydrogen (secondary N) is 1. The summed E-state index contributed by atoms with van der Waals surface area (Å²) < 4.78 is 5.30. The molecule has 0 aromatic rings. The van der Waals surface area contributed by atoms with Crippen LogP contribution in [0.1, 0.15) is 19.8 Å². The van der Waals surface area contributed by atoms with Gasteiger partial charge in [0.15, 0.2) is 5.17 Å². The number of morpholine rings is 1. The lowest BCUT2D eigenvalue weighted by Crippen LogP contribution is -2.47. The van der Waals surface area contributed by atoms with Crippen LogP contribution >= 0.6 is 11.8 Å². The topological polar surface area (TPSA) is 36.9 Å². The molecule has 1 saturated heterocycles. The Balaban J connectivity index is 1.71. The van der Waals surface area contributed by atoms with Crippen molar-refractivity contribution in [3.8, 4) is 0 Å². The van der Waals surface area contributed by atoms with Crippen molar-refractivity contribution in [3.63, 3.8) is 0 Å². The summed E-state index contributed by atoms with van der Waals surface area (Å²) in [4.78, 5) is 4.52. The zero-order valence-corrected chi connectivity index (χ0v) is 10.1. The molecule has 0 bridgehead atoms. The minimum atomic E-state index is 0.693. The van der Waals surface area contributed by atoms with Gasteiger partial charge >= 0.3 is 0 Å². The van der Waals surface area contributed by atoms with Gasteiger partial charge in [0.05, 0.1) is 19.8 Å². The van der Waals surface area contributed by atoms with Crippen LogP contribution in [0, 0.1) is 0 Å². The van der Waals surface area contributed by atoms with Crippen molar-refractivity contribution >= 4 is 16.9 Å². The average molecular weight is 229 g/mol. The molecule has 0 spiro atoms. The van der Waals surface area contributed by atoms with Gasteiger partial charge in [-0.05, 0) is 6.42 Å². The monoisotopic (exact) mass is 229 g/mol. The van der Waals surface area contributed by atoms with Crippen LogP contribution in [-0.4, -0.2) is 48.3 Å². The van der Waals surface area contributed by atoms with Gasteiger partial charge in [0, 0.05) is 18.3 Å². The van der Waals surface area contributed by atoms with Gasteiger partial charge in [0.1, 0.15) is 0 Å². The predicted molar refractivity (Wildman–Crippen MR) is 64.1 cm³/mol. The average Bonchev–Trinajstić information content (AvgIpc) is 2.68. The Hall–Kier alpha value is -0.260. The normalized spacial score (nSPS) is 27.8. The molecule has 0 amide bonds. The van der Waals surface area contributed by atoms with E-state index in [1.54, 1.807) is 0 Å². The maximum atomic E-state index is 5.30. The highest BCUT2D eigenvalue weighted by Crippen LogP contribution is 2.23. The highest BCUT2D eigenvalue weighted by Gasteiger charge is 2.20. The van der Waals surface area contributed by atoms with Crippen LogP contribution in [0.3, 0.4) is 0 Å². The molecule has 2 heterocycles. The Bertz CT molecular complexity index is 229. The van der Waals surface area contributed by atoms with E-state index >= 15 is 0 Å². The summed E-state index contributed by atoms with van der Waals surface area (Å²) in [6.45, 7) is 6.77. The number of amidine groups is 1. The molecule has 0 aliphatic carbocycles. The molecular formula is C10H19N3OS. The van der Waals surface area contributed by atoms with Crippen LogP contribution in [-0.2, 0) is 4.74 Å². The van der Waals surface area contributed by atoms with Crippen LogP contribution in [0.2, 0.25) is 0 Å². The largest absolute Gasteiger partial charge is 0.379 e. The highest BCUT2D eigenvalue weighted by atomic mass is 32.2. The third-order valence-corrected chi connectivity index (χ3v) is 3.75. The molecule has 0 radical (unpaired) electrons. The van der Waals surface area contributed by atoms with Gasteiger partial charge in [0.2, 0.25) is 0 Å². The first-order valence-corrected chi connectivity index (χ1v) is 6.57. The summed E-state index contributed by atoms with van der Waals surface area (Å²) >= 11 is 1.89. The van der Waals surface area contributed by atoms with Gasteiger partial charge in [-0.2, -0.15) is 0 Å². The van der Waals surface area contributed by atoms with Gasteiger partial charge in [0.25, 0.3) is 0 Å². The predicted octanol–water partition coefficient (Wildman–Crippen LogP) is 1.09. The molecule has 2 aliphatic rings. The molecule has 0 saturated carbocycles. The second-order valence-electron chi connectivity index (χ2n) is 3.89. The van der Waals surface area contributed by atoms with Crippen molar-refractivity contribution in [1.82, 2.24) is 10.4 Å². The maximum Gasteiger partial charge on any atom is 0.171 e. The minimum Gasteiger partial charge on any atom is -0.379 e. The van der Waals surface area contributed by atoms with Gasteiger partial charge in [-0.3, -0.25) is 10.4 Å². The van der Waals surface area contributed by atoms with E-state index in [9.17, 15) is 0 Å². The molecule has 5 heteroatoms. The third-order valence-electron chi connectivity index (χ3n) is 2.59. The van der Waals surface area contributed by atoms with E-state index in [-0.39, 0.29) is 0 Å². The molecule has 1 N–H and O–H groups in total. The molecule has 1 atom stereocenters. The molecule has 4 nitrogen and oxygen atoms in total. The second kappa shape index (κ2) is 5.72. The van der Waals surface area contributed by atoms with E-state index in [1.165, 1.54) is 12.8 Å². The van der Waals surface area contributed by atoms with Crippen molar-refractivity contribution < 1.29 is 4.74 Å². The van der Waals surface area contributed by atoms with Crippen LogP contribution in [0.25, 0.3) is 0 Å². The smallest absolute Gasteiger partial charge is 0.171 e. The third kappa shape index (κ3) is 3.36. The van der Waals surface area contributed by atoms with Crippen LogP contribution in [0.4, 0.5) is 0 Å². The summed E-state index contributed by atoms with van der Waals surface area (Å²) in [5.41, 5.74) is 3.37. The van der Waals surface area contributed by atoms with E-state index in [1.807, 2.05) is 11.8 Å². The lowest BCUT2D eigenvalue weighted by atomic mass is 10.2. The van der Waals surface area contributed by atoms with E-state index in [4.69, 9.17) is 4.74 Å². The van der Waals surface area contributed by atoms with E-state index < -0.39 is 0 Å². The number of hydrogen-bond donors (Lipinski definition) is 1. The number of hydrogen-bond acceptors (Lipinski definition) is 5. The number of aliphatic imine (C=N–C) groups is 1. The lowest BCUT2D eigenvalue weighted by molar-refractivity contribution is 0.0254. The van der Waals surface area contributed by atoms with E-state index in [0.717, 1.165) is 38.0 Å². The fourth-order valence-electron chi connectivity index (χ4n) is 1.76. The number of rotatable bonds is 3. The first kappa shape index (κ1) is 11.2. The summed E-state index contributed by atoms with van der Waals surface area (Å²) in [6.07, 6.45) is 2.51. The van der Waals surface area contributed by atoms with Gasteiger partial charge in [-0.1, -0.05) is 25.1 Å². The molecule has 86 valence electrons. The molecule has 15 heavy (non-hydrogen) atoms. The van der Waals surface area contributed by atoms with Crippen molar-refractivity contribution in [2.24, 2.45) is 4.99 Å². The quantitative estimate of drug-likeness (QED) is 0.786. The number of hydrazine groups is 1. The van der Waals surface area contributed by atoms with Crippen molar-refractivity contribution in [2.75, 3.05) is 32.8 Å². The fraction of sp³-hybridized carbons (Fsp3) is 0.900. The van der Waals surface area contributed by atoms with Crippen LogP contribution in [0.5, 0.6) is 0 Å². The van der Waals surface area contributed by atoms with Crippen molar-refractivity contribution in [3.05, 3.63) is 0 Å².